The minimum Gasteiger partial charge on any atom is -0.324 e. The molecule has 0 unspecified atom stereocenters. The van der Waals surface area contributed by atoms with Gasteiger partial charge in [-0.1, -0.05) is 53.9 Å². The Hall–Kier alpha value is -3.10. The molecule has 0 radical (unpaired) electrons. The lowest BCUT2D eigenvalue weighted by atomic mass is 10.3. The largest absolute Gasteiger partial charge is 0.324 e. The van der Waals surface area contributed by atoms with Gasteiger partial charge in [-0.05, 0) is 36.4 Å². The Labute approximate surface area is 176 Å². The maximum Gasteiger partial charge on any atom is 0.234 e. The van der Waals surface area contributed by atoms with E-state index in [4.69, 9.17) is 0 Å². The lowest BCUT2D eigenvalue weighted by Gasteiger charge is -2.10. The molecule has 2 heterocycles. The maximum atomic E-state index is 12.5. The second kappa shape index (κ2) is 9.40. The standard InChI is InChI=1S/C21H17N5OS2/c27-19(14-28-21-24-20(25-26-21)15-10-12-22-13-11-15)23-17-8-4-5-9-18(17)29-16-6-2-1-3-7-16/h1-13H,14H2,(H,23,27)(H,24,25,26). The molecule has 144 valence electrons. The van der Waals surface area contributed by atoms with Crippen LogP contribution >= 0.6 is 23.5 Å². The van der Waals surface area contributed by atoms with Crippen molar-refractivity contribution < 1.29 is 4.79 Å². The Kier molecular flexibility index (Phi) is 6.23. The van der Waals surface area contributed by atoms with Crippen LogP contribution in [0.5, 0.6) is 0 Å². The van der Waals surface area contributed by atoms with Crippen molar-refractivity contribution in [3.05, 3.63) is 79.1 Å². The van der Waals surface area contributed by atoms with Crippen molar-refractivity contribution in [1.82, 2.24) is 20.2 Å². The fourth-order valence-corrected chi connectivity index (χ4v) is 4.06. The number of benzene rings is 2. The first-order valence-electron chi connectivity index (χ1n) is 8.85. The molecule has 6 nitrogen and oxygen atoms in total. The molecule has 0 spiro atoms. The average molecular weight is 420 g/mol. The summed E-state index contributed by atoms with van der Waals surface area (Å²) in [5.74, 6) is 0.768. The number of hydrogen-bond acceptors (Lipinski definition) is 6. The smallest absolute Gasteiger partial charge is 0.234 e. The molecule has 2 N–H and O–H groups in total. The van der Waals surface area contributed by atoms with Gasteiger partial charge in [-0.3, -0.25) is 14.9 Å². The third kappa shape index (κ3) is 5.24. The van der Waals surface area contributed by atoms with Crippen LogP contribution < -0.4 is 5.32 Å². The lowest BCUT2D eigenvalue weighted by Crippen LogP contribution is -2.14. The number of aromatic amines is 1. The number of hydrogen-bond donors (Lipinski definition) is 2. The van der Waals surface area contributed by atoms with Gasteiger partial charge in [0.15, 0.2) is 5.82 Å². The van der Waals surface area contributed by atoms with Crippen LogP contribution in [-0.4, -0.2) is 31.8 Å². The molecule has 2 aromatic heterocycles. The summed E-state index contributed by atoms with van der Waals surface area (Å²) in [6, 6.07) is 21.5. The SMILES string of the molecule is O=C(CSc1n[nH]c(-c2ccncc2)n1)Nc1ccccc1Sc1ccccc1. The molecule has 2 aromatic carbocycles. The zero-order chi connectivity index (χ0) is 19.9. The van der Waals surface area contributed by atoms with Gasteiger partial charge in [0, 0.05) is 27.7 Å². The van der Waals surface area contributed by atoms with Crippen molar-refractivity contribution in [2.45, 2.75) is 14.9 Å². The maximum absolute atomic E-state index is 12.5. The molecule has 0 bridgehead atoms. The highest BCUT2D eigenvalue weighted by atomic mass is 32.2. The van der Waals surface area contributed by atoms with E-state index in [-0.39, 0.29) is 11.7 Å². The number of thioether (sulfide) groups is 1. The Morgan fingerprint density at radius 3 is 2.55 bits per heavy atom. The monoisotopic (exact) mass is 419 g/mol. The van der Waals surface area contributed by atoms with Crippen molar-refractivity contribution in [2.75, 3.05) is 11.1 Å². The van der Waals surface area contributed by atoms with Gasteiger partial charge < -0.3 is 5.32 Å². The third-order valence-electron chi connectivity index (χ3n) is 3.88. The number of anilines is 1. The molecule has 0 fully saturated rings. The van der Waals surface area contributed by atoms with E-state index in [9.17, 15) is 4.79 Å². The van der Waals surface area contributed by atoms with Crippen molar-refractivity contribution in [3.63, 3.8) is 0 Å². The zero-order valence-corrected chi connectivity index (χ0v) is 16.9. The molecule has 29 heavy (non-hydrogen) atoms. The first-order chi connectivity index (χ1) is 14.3. The summed E-state index contributed by atoms with van der Waals surface area (Å²) in [6.45, 7) is 0. The van der Waals surface area contributed by atoms with E-state index in [2.05, 4.69) is 25.5 Å². The predicted molar refractivity (Wildman–Crippen MR) is 116 cm³/mol. The van der Waals surface area contributed by atoms with E-state index < -0.39 is 0 Å². The average Bonchev–Trinajstić information content (AvgIpc) is 3.24. The van der Waals surface area contributed by atoms with E-state index in [0.717, 1.165) is 21.0 Å². The van der Waals surface area contributed by atoms with Gasteiger partial charge in [0.1, 0.15) is 0 Å². The molecule has 0 aliphatic heterocycles. The molecule has 0 saturated carbocycles. The van der Waals surface area contributed by atoms with Crippen molar-refractivity contribution in [3.8, 4) is 11.4 Å². The molecule has 4 rings (SSSR count). The Morgan fingerprint density at radius 1 is 0.966 bits per heavy atom. The molecular formula is C21H17N5OS2. The third-order valence-corrected chi connectivity index (χ3v) is 5.81. The number of carbonyl (C=O) groups is 1. The van der Waals surface area contributed by atoms with Crippen LogP contribution in [0.25, 0.3) is 11.4 Å². The van der Waals surface area contributed by atoms with Crippen molar-refractivity contribution in [1.29, 1.82) is 0 Å². The number of pyridine rings is 1. The summed E-state index contributed by atoms with van der Waals surface area (Å²) in [7, 11) is 0. The fraction of sp³-hybridized carbons (Fsp3) is 0.0476. The van der Waals surface area contributed by atoms with Gasteiger partial charge in [-0.25, -0.2) is 4.98 Å². The van der Waals surface area contributed by atoms with E-state index >= 15 is 0 Å². The van der Waals surface area contributed by atoms with E-state index in [1.165, 1.54) is 11.8 Å². The van der Waals surface area contributed by atoms with Crippen LogP contribution in [-0.2, 0) is 4.79 Å². The molecule has 8 heteroatoms. The topological polar surface area (TPSA) is 83.6 Å². The quantitative estimate of drug-likeness (QED) is 0.421. The highest BCUT2D eigenvalue weighted by Gasteiger charge is 2.11. The van der Waals surface area contributed by atoms with Crippen LogP contribution in [0.15, 0.2) is 94.1 Å². The van der Waals surface area contributed by atoms with Gasteiger partial charge in [0.2, 0.25) is 11.1 Å². The normalized spacial score (nSPS) is 10.6. The van der Waals surface area contributed by atoms with Crippen LogP contribution in [0.2, 0.25) is 0 Å². The summed E-state index contributed by atoms with van der Waals surface area (Å²) in [5, 5.41) is 10.6. The van der Waals surface area contributed by atoms with Crippen molar-refractivity contribution in [2.24, 2.45) is 0 Å². The molecule has 1 amide bonds. The van der Waals surface area contributed by atoms with Crippen LogP contribution in [0, 0.1) is 0 Å². The van der Waals surface area contributed by atoms with Crippen LogP contribution in [0.3, 0.4) is 0 Å². The summed E-state index contributed by atoms with van der Waals surface area (Å²) >= 11 is 2.90. The molecular weight excluding hydrogens is 402 g/mol. The Morgan fingerprint density at radius 2 is 1.72 bits per heavy atom. The number of rotatable bonds is 7. The summed E-state index contributed by atoms with van der Waals surface area (Å²) in [4.78, 5) is 23.0. The second-order valence-corrected chi connectivity index (χ2v) is 8.01. The minimum absolute atomic E-state index is 0.105. The summed E-state index contributed by atoms with van der Waals surface area (Å²) < 4.78 is 0. The lowest BCUT2D eigenvalue weighted by molar-refractivity contribution is -0.113. The number of aromatic nitrogens is 4. The summed E-state index contributed by atoms with van der Waals surface area (Å²) in [6.07, 6.45) is 3.39. The number of carbonyl (C=O) groups excluding carboxylic acids is 1. The van der Waals surface area contributed by atoms with Gasteiger partial charge >= 0.3 is 0 Å². The minimum atomic E-state index is -0.105. The number of nitrogens with one attached hydrogen (secondary N) is 2. The Bertz CT molecular complexity index is 1090. The van der Waals surface area contributed by atoms with Gasteiger partial charge in [0.05, 0.1) is 11.4 Å². The van der Waals surface area contributed by atoms with E-state index in [1.54, 1.807) is 24.2 Å². The molecule has 0 atom stereocenters. The van der Waals surface area contributed by atoms with Crippen LogP contribution in [0.4, 0.5) is 5.69 Å². The fourth-order valence-electron chi connectivity index (χ4n) is 2.54. The molecule has 4 aromatic rings. The van der Waals surface area contributed by atoms with Crippen molar-refractivity contribution >= 4 is 35.1 Å². The number of H-pyrrole nitrogens is 1. The van der Waals surface area contributed by atoms with Gasteiger partial charge in [0.25, 0.3) is 0 Å². The highest BCUT2D eigenvalue weighted by Crippen LogP contribution is 2.33. The highest BCUT2D eigenvalue weighted by molar-refractivity contribution is 8.00. The molecule has 0 saturated heterocycles. The molecule has 0 aliphatic carbocycles. The Balaban J connectivity index is 1.36. The van der Waals surface area contributed by atoms with Gasteiger partial charge in [-0.15, -0.1) is 5.10 Å². The summed E-state index contributed by atoms with van der Waals surface area (Å²) in [5.41, 5.74) is 1.69. The molecule has 0 aliphatic rings. The first-order valence-corrected chi connectivity index (χ1v) is 10.7. The van der Waals surface area contributed by atoms with E-state index in [0.29, 0.717) is 11.0 Å². The first kappa shape index (κ1) is 19.2. The van der Waals surface area contributed by atoms with E-state index in [1.807, 2.05) is 66.7 Å². The predicted octanol–water partition coefficient (Wildman–Crippen LogP) is 4.75. The zero-order valence-electron chi connectivity index (χ0n) is 15.3. The number of amides is 1. The number of para-hydroxylation sites is 1. The second-order valence-electron chi connectivity index (χ2n) is 5.95. The number of nitrogens with zero attached hydrogens (tertiary/aromatic N) is 3. The van der Waals surface area contributed by atoms with Gasteiger partial charge in [-0.2, -0.15) is 0 Å². The van der Waals surface area contributed by atoms with Crippen LogP contribution in [0.1, 0.15) is 0 Å².